The SMILES string of the molecule is CCNC(c1ccncc1F)c1ncccc1C. The van der Waals surface area contributed by atoms with Crippen molar-refractivity contribution in [2.75, 3.05) is 6.54 Å². The second-order valence-corrected chi connectivity index (χ2v) is 4.09. The Morgan fingerprint density at radius 3 is 2.83 bits per heavy atom. The predicted octanol–water partition coefficient (Wildman–Crippen LogP) is 2.62. The maximum atomic E-state index is 13.9. The number of hydrogen-bond acceptors (Lipinski definition) is 3. The van der Waals surface area contributed by atoms with Gasteiger partial charge in [-0.2, -0.15) is 0 Å². The highest BCUT2D eigenvalue weighted by atomic mass is 19.1. The lowest BCUT2D eigenvalue weighted by molar-refractivity contribution is 0.546. The van der Waals surface area contributed by atoms with Crippen molar-refractivity contribution < 1.29 is 4.39 Å². The van der Waals surface area contributed by atoms with Gasteiger partial charge >= 0.3 is 0 Å². The van der Waals surface area contributed by atoms with Crippen molar-refractivity contribution in [3.05, 3.63) is 59.4 Å². The van der Waals surface area contributed by atoms with Crippen LogP contribution in [0.25, 0.3) is 0 Å². The normalized spacial score (nSPS) is 12.4. The van der Waals surface area contributed by atoms with Crippen LogP contribution in [0.5, 0.6) is 0 Å². The fraction of sp³-hybridized carbons (Fsp3) is 0.286. The van der Waals surface area contributed by atoms with Gasteiger partial charge < -0.3 is 5.32 Å². The van der Waals surface area contributed by atoms with Gasteiger partial charge in [-0.05, 0) is 31.2 Å². The molecule has 0 aliphatic heterocycles. The number of nitrogens with zero attached hydrogens (tertiary/aromatic N) is 2. The van der Waals surface area contributed by atoms with Crippen molar-refractivity contribution in [3.63, 3.8) is 0 Å². The van der Waals surface area contributed by atoms with Crippen molar-refractivity contribution in [1.82, 2.24) is 15.3 Å². The topological polar surface area (TPSA) is 37.8 Å². The minimum atomic E-state index is -0.312. The zero-order valence-corrected chi connectivity index (χ0v) is 10.5. The summed E-state index contributed by atoms with van der Waals surface area (Å²) in [7, 11) is 0. The molecule has 0 fully saturated rings. The zero-order valence-electron chi connectivity index (χ0n) is 10.5. The third kappa shape index (κ3) is 2.54. The molecule has 0 saturated heterocycles. The summed E-state index contributed by atoms with van der Waals surface area (Å²) >= 11 is 0. The van der Waals surface area contributed by atoms with E-state index in [0.29, 0.717) is 5.56 Å². The largest absolute Gasteiger partial charge is 0.305 e. The summed E-state index contributed by atoms with van der Waals surface area (Å²) < 4.78 is 13.9. The molecule has 94 valence electrons. The van der Waals surface area contributed by atoms with E-state index < -0.39 is 0 Å². The van der Waals surface area contributed by atoms with Crippen molar-refractivity contribution in [2.45, 2.75) is 19.9 Å². The van der Waals surface area contributed by atoms with Crippen LogP contribution in [-0.4, -0.2) is 16.5 Å². The van der Waals surface area contributed by atoms with Gasteiger partial charge in [0, 0.05) is 18.0 Å². The van der Waals surface area contributed by atoms with Crippen LogP contribution in [0.1, 0.15) is 29.8 Å². The summed E-state index contributed by atoms with van der Waals surface area (Å²) in [6, 6.07) is 5.31. The Morgan fingerprint density at radius 2 is 2.17 bits per heavy atom. The molecule has 1 atom stereocenters. The van der Waals surface area contributed by atoms with Gasteiger partial charge in [-0.3, -0.25) is 9.97 Å². The molecule has 2 aromatic heterocycles. The van der Waals surface area contributed by atoms with Gasteiger partial charge in [0.05, 0.1) is 17.9 Å². The lowest BCUT2D eigenvalue weighted by Crippen LogP contribution is -2.24. The molecule has 1 N–H and O–H groups in total. The van der Waals surface area contributed by atoms with Crippen molar-refractivity contribution in [2.24, 2.45) is 0 Å². The summed E-state index contributed by atoms with van der Waals surface area (Å²) in [6.45, 7) is 4.71. The van der Waals surface area contributed by atoms with Crippen LogP contribution in [-0.2, 0) is 0 Å². The Kier molecular flexibility index (Phi) is 3.99. The first-order valence-corrected chi connectivity index (χ1v) is 5.98. The predicted molar refractivity (Wildman–Crippen MR) is 68.7 cm³/mol. The molecule has 2 rings (SSSR count). The highest BCUT2D eigenvalue weighted by Crippen LogP contribution is 2.24. The van der Waals surface area contributed by atoms with Gasteiger partial charge in [0.15, 0.2) is 0 Å². The Balaban J connectivity index is 2.47. The lowest BCUT2D eigenvalue weighted by atomic mass is 10.0. The molecule has 0 bridgehead atoms. The first-order valence-electron chi connectivity index (χ1n) is 5.98. The Labute approximate surface area is 106 Å². The molecule has 2 aromatic rings. The van der Waals surface area contributed by atoms with Crippen LogP contribution >= 0.6 is 0 Å². The molecule has 3 nitrogen and oxygen atoms in total. The fourth-order valence-electron chi connectivity index (χ4n) is 1.98. The number of nitrogens with one attached hydrogen (secondary N) is 1. The van der Waals surface area contributed by atoms with Crippen molar-refractivity contribution >= 4 is 0 Å². The molecule has 0 aliphatic carbocycles. The first-order chi connectivity index (χ1) is 8.74. The number of aromatic nitrogens is 2. The Hall–Kier alpha value is -1.81. The quantitative estimate of drug-likeness (QED) is 0.899. The summed E-state index contributed by atoms with van der Waals surface area (Å²) in [5.74, 6) is -0.312. The monoisotopic (exact) mass is 245 g/mol. The van der Waals surface area contributed by atoms with E-state index in [2.05, 4.69) is 15.3 Å². The fourth-order valence-corrected chi connectivity index (χ4v) is 1.98. The van der Waals surface area contributed by atoms with E-state index in [1.54, 1.807) is 18.5 Å². The summed E-state index contributed by atoms with van der Waals surface area (Å²) in [5.41, 5.74) is 2.47. The maximum absolute atomic E-state index is 13.9. The molecule has 0 aromatic carbocycles. The van der Waals surface area contributed by atoms with Gasteiger partial charge in [0.25, 0.3) is 0 Å². The smallest absolute Gasteiger partial charge is 0.146 e. The third-order valence-corrected chi connectivity index (χ3v) is 2.85. The molecule has 0 spiro atoms. The summed E-state index contributed by atoms with van der Waals surface area (Å²) in [6.07, 6.45) is 4.56. The van der Waals surface area contributed by atoms with E-state index in [4.69, 9.17) is 0 Å². The van der Waals surface area contributed by atoms with Gasteiger partial charge in [0.2, 0.25) is 0 Å². The van der Waals surface area contributed by atoms with E-state index in [0.717, 1.165) is 17.8 Å². The van der Waals surface area contributed by atoms with Crippen LogP contribution in [0.3, 0.4) is 0 Å². The molecular formula is C14H16FN3. The zero-order chi connectivity index (χ0) is 13.0. The average molecular weight is 245 g/mol. The number of pyridine rings is 2. The lowest BCUT2D eigenvalue weighted by Gasteiger charge is -2.19. The summed E-state index contributed by atoms with van der Waals surface area (Å²) in [5, 5.41) is 3.27. The van der Waals surface area contributed by atoms with Gasteiger partial charge in [0.1, 0.15) is 5.82 Å². The van der Waals surface area contributed by atoms with Gasteiger partial charge in [-0.1, -0.05) is 13.0 Å². The van der Waals surface area contributed by atoms with Crippen molar-refractivity contribution in [3.8, 4) is 0 Å². The Morgan fingerprint density at radius 1 is 1.33 bits per heavy atom. The molecule has 0 saturated carbocycles. The van der Waals surface area contributed by atoms with Gasteiger partial charge in [-0.15, -0.1) is 0 Å². The number of hydrogen-bond donors (Lipinski definition) is 1. The molecule has 0 aliphatic rings. The van der Waals surface area contributed by atoms with Crippen LogP contribution in [0, 0.1) is 12.7 Å². The van der Waals surface area contributed by atoms with Crippen LogP contribution < -0.4 is 5.32 Å². The van der Waals surface area contributed by atoms with E-state index in [1.807, 2.05) is 26.0 Å². The van der Waals surface area contributed by atoms with Gasteiger partial charge in [-0.25, -0.2) is 4.39 Å². The molecule has 0 radical (unpaired) electrons. The second kappa shape index (κ2) is 5.69. The minimum Gasteiger partial charge on any atom is -0.305 e. The second-order valence-electron chi connectivity index (χ2n) is 4.09. The number of halogens is 1. The number of rotatable bonds is 4. The van der Waals surface area contributed by atoms with Crippen LogP contribution in [0.4, 0.5) is 4.39 Å². The number of aryl methyl sites for hydroxylation is 1. The van der Waals surface area contributed by atoms with Crippen LogP contribution in [0.15, 0.2) is 36.8 Å². The molecule has 1 unspecified atom stereocenters. The molecule has 0 amide bonds. The third-order valence-electron chi connectivity index (χ3n) is 2.85. The van der Waals surface area contributed by atoms with E-state index in [1.165, 1.54) is 6.20 Å². The standard InChI is InChI=1S/C14H16FN3/c1-3-17-14(11-6-8-16-9-12(11)15)13-10(2)5-4-7-18-13/h4-9,14,17H,3H2,1-2H3. The van der Waals surface area contributed by atoms with Crippen molar-refractivity contribution in [1.29, 1.82) is 0 Å². The van der Waals surface area contributed by atoms with E-state index in [9.17, 15) is 4.39 Å². The molecule has 18 heavy (non-hydrogen) atoms. The van der Waals surface area contributed by atoms with Crippen LogP contribution in [0.2, 0.25) is 0 Å². The first kappa shape index (κ1) is 12.6. The maximum Gasteiger partial charge on any atom is 0.146 e. The molecule has 4 heteroatoms. The van der Waals surface area contributed by atoms with E-state index >= 15 is 0 Å². The average Bonchev–Trinajstić information content (AvgIpc) is 2.38. The highest BCUT2D eigenvalue weighted by Gasteiger charge is 2.19. The molecular weight excluding hydrogens is 229 g/mol. The van der Waals surface area contributed by atoms with E-state index in [-0.39, 0.29) is 11.9 Å². The molecule has 2 heterocycles. The minimum absolute atomic E-state index is 0.237. The highest BCUT2D eigenvalue weighted by molar-refractivity contribution is 5.31. The Bertz CT molecular complexity index is 482. The summed E-state index contributed by atoms with van der Waals surface area (Å²) in [4.78, 5) is 8.15.